The van der Waals surface area contributed by atoms with E-state index in [1.807, 2.05) is 42.5 Å². The van der Waals surface area contributed by atoms with E-state index in [2.05, 4.69) is 388 Å². The Bertz CT molecular complexity index is 8060. The molecule has 0 saturated carbocycles. The minimum absolute atomic E-state index is 0.810. The summed E-state index contributed by atoms with van der Waals surface area (Å²) in [5, 5.41) is 14.7. The lowest BCUT2D eigenvalue weighted by atomic mass is 9.99. The van der Waals surface area contributed by atoms with Crippen molar-refractivity contribution < 1.29 is 0 Å². The molecule has 116 heavy (non-hydrogen) atoms. The first-order valence-electron chi connectivity index (χ1n) is 39.5. The second kappa shape index (κ2) is 27.1. The molecule has 24 rings (SSSR count). The summed E-state index contributed by atoms with van der Waals surface area (Å²) >= 11 is 0. The van der Waals surface area contributed by atoms with Crippen LogP contribution in [-0.4, -0.2) is 38.2 Å². The molecule has 540 valence electrons. The lowest BCUT2D eigenvalue weighted by molar-refractivity contribution is 1.08. The van der Waals surface area contributed by atoms with E-state index in [1.165, 1.54) is 126 Å². The highest BCUT2D eigenvalue weighted by Gasteiger charge is 2.25. The largest absolute Gasteiger partial charge is 0.309 e. The first kappa shape index (κ1) is 66.2. The van der Waals surface area contributed by atoms with E-state index >= 15 is 0 Å². The Morgan fingerprint density at radius 2 is 0.448 bits per heavy atom. The van der Waals surface area contributed by atoms with E-state index in [0.29, 0.717) is 0 Å². The molecule has 8 nitrogen and oxygen atoms in total. The molecule has 0 saturated heterocycles. The van der Waals surface area contributed by atoms with Crippen molar-refractivity contribution >= 4 is 131 Å². The average molecular weight is 1480 g/mol. The maximum atomic E-state index is 5.39. The highest BCUT2D eigenvalue weighted by molar-refractivity contribution is 6.24. The van der Waals surface area contributed by atoms with Crippen LogP contribution in [0.5, 0.6) is 0 Å². The lowest BCUT2D eigenvalue weighted by Gasteiger charge is -2.14. The van der Waals surface area contributed by atoms with Crippen molar-refractivity contribution in [3.8, 4) is 90.0 Å². The van der Waals surface area contributed by atoms with Gasteiger partial charge in [-0.25, -0.2) is 19.9 Å². The number of benzene rings is 18. The Morgan fingerprint density at radius 1 is 0.155 bits per heavy atom. The maximum absolute atomic E-state index is 5.39. The van der Waals surface area contributed by atoms with Gasteiger partial charge in [-0.15, -0.1) is 0 Å². The lowest BCUT2D eigenvalue weighted by Crippen LogP contribution is -2.03. The molecule has 0 aliphatic rings. The van der Waals surface area contributed by atoms with Crippen LogP contribution in [-0.2, 0) is 0 Å². The molecule has 24 aromatic rings. The van der Waals surface area contributed by atoms with Crippen LogP contribution < -0.4 is 0 Å². The first-order valence-corrected chi connectivity index (χ1v) is 39.5. The Balaban J connectivity index is 0.000000137. The van der Waals surface area contributed by atoms with Crippen LogP contribution in [0.15, 0.2) is 413 Å². The molecular formula is C108H68N8. The summed E-state index contributed by atoms with van der Waals surface area (Å²) < 4.78 is 9.41. The number of hydrogen-bond donors (Lipinski definition) is 0. The Kier molecular flexibility index (Phi) is 15.5. The first-order chi connectivity index (χ1) is 57.5. The van der Waals surface area contributed by atoms with E-state index < -0.39 is 0 Å². The second-order valence-corrected chi connectivity index (χ2v) is 30.0. The molecule has 0 spiro atoms. The number of para-hydroxylation sites is 8. The van der Waals surface area contributed by atoms with Crippen molar-refractivity contribution in [1.29, 1.82) is 0 Å². The van der Waals surface area contributed by atoms with Crippen molar-refractivity contribution in [3.05, 3.63) is 413 Å². The SMILES string of the molecule is c1ccc(-c2ccc(-c3nc4ccccc4nc3-n3c4ccccc4c4cc(-c5ccc6c(c5)c5c7ccccc7ccc5n6-c5ccccc5)ccc43)cc2)cc1.c1ccc(-c2cccc(-c3nc4ccccc4nc3-n3c4ccccc4c4cc(-c5ccc6c(c5)c5c7ccccc7ccc5n6-c5ccccc5)ccc43)c2)cc1. The van der Waals surface area contributed by atoms with Crippen molar-refractivity contribution in [2.24, 2.45) is 0 Å². The summed E-state index contributed by atoms with van der Waals surface area (Å²) in [5.74, 6) is 1.62. The fourth-order valence-electron chi connectivity index (χ4n) is 18.0. The number of fused-ring (bicyclic) bond motifs is 18. The van der Waals surface area contributed by atoms with Crippen LogP contribution in [0, 0.1) is 0 Å². The third-order valence-electron chi connectivity index (χ3n) is 23.4. The van der Waals surface area contributed by atoms with Crippen LogP contribution in [0.2, 0.25) is 0 Å². The zero-order valence-electron chi connectivity index (χ0n) is 62.8. The predicted octanol–water partition coefficient (Wildman–Crippen LogP) is 28.0. The normalized spacial score (nSPS) is 11.8. The molecule has 18 aromatic carbocycles. The van der Waals surface area contributed by atoms with Gasteiger partial charge >= 0.3 is 0 Å². The molecule has 8 heteroatoms. The quantitative estimate of drug-likeness (QED) is 0.137. The highest BCUT2D eigenvalue weighted by Crippen LogP contribution is 2.46. The monoisotopic (exact) mass is 1480 g/mol. The highest BCUT2D eigenvalue weighted by atomic mass is 15.1. The van der Waals surface area contributed by atoms with Crippen molar-refractivity contribution in [3.63, 3.8) is 0 Å². The summed E-state index contributed by atoms with van der Waals surface area (Å²) in [6.45, 7) is 0. The molecule has 0 aliphatic heterocycles. The molecule has 0 N–H and O–H groups in total. The van der Waals surface area contributed by atoms with E-state index in [4.69, 9.17) is 19.9 Å². The molecule has 0 bridgehead atoms. The third-order valence-corrected chi connectivity index (χ3v) is 23.4. The molecule has 0 amide bonds. The van der Waals surface area contributed by atoms with Gasteiger partial charge in [0.15, 0.2) is 11.6 Å². The third kappa shape index (κ3) is 10.9. The van der Waals surface area contributed by atoms with Crippen LogP contribution in [0.4, 0.5) is 0 Å². The standard InChI is InChI=1S/2C54H34N4/c1-3-14-35(15-4-1)37-17-13-18-40(32-37)53-54(56-47-24-11-10-23-46(47)55-53)58-48-25-12-9-22-43(48)44-33-38(27-29-49(44)58)39-28-30-50-45(34-39)52-42-21-8-7-16-36(42)26-31-51(52)57(50)41-19-5-2-6-20-41;1-3-13-35(14-4-1)36-23-25-38(26-24-36)53-54(56-47-21-11-10-20-46(47)55-53)58-48-22-12-9-19-43(48)44-33-39(28-30-49(44)58)40-29-31-50-45(34-40)52-42-18-8-7-15-37(42)27-32-51(52)57(50)41-16-5-2-6-17-41/h2*1-34H. The molecular weight excluding hydrogens is 1410 g/mol. The minimum Gasteiger partial charge on any atom is -0.309 e. The van der Waals surface area contributed by atoms with Crippen LogP contribution in [0.25, 0.3) is 221 Å². The van der Waals surface area contributed by atoms with Crippen molar-refractivity contribution in [2.45, 2.75) is 0 Å². The predicted molar refractivity (Wildman–Crippen MR) is 484 cm³/mol. The number of aromatic nitrogens is 8. The fourth-order valence-corrected chi connectivity index (χ4v) is 18.0. The smallest absolute Gasteiger partial charge is 0.165 e. The zero-order chi connectivity index (χ0) is 76.3. The minimum atomic E-state index is 0.810. The van der Waals surface area contributed by atoms with Gasteiger partial charge in [0, 0.05) is 65.6 Å². The summed E-state index contributed by atoms with van der Waals surface area (Å²) in [5.41, 5.74) is 28.0. The molecule has 0 fully saturated rings. The Morgan fingerprint density at radius 3 is 0.905 bits per heavy atom. The summed E-state index contributed by atoms with van der Waals surface area (Å²) in [7, 11) is 0. The fraction of sp³-hybridized carbons (Fsp3) is 0. The van der Waals surface area contributed by atoms with Crippen molar-refractivity contribution in [1.82, 2.24) is 38.2 Å². The number of nitrogens with zero attached hydrogens (tertiary/aromatic N) is 8. The van der Waals surface area contributed by atoms with Crippen molar-refractivity contribution in [2.75, 3.05) is 0 Å². The summed E-state index contributed by atoms with van der Waals surface area (Å²) in [6.07, 6.45) is 0. The van der Waals surface area contributed by atoms with Crippen LogP contribution >= 0.6 is 0 Å². The number of rotatable bonds is 10. The van der Waals surface area contributed by atoms with Crippen LogP contribution in [0.3, 0.4) is 0 Å². The van der Waals surface area contributed by atoms with Gasteiger partial charge in [-0.1, -0.05) is 285 Å². The Labute approximate surface area is 667 Å². The average Bonchev–Trinajstić information content (AvgIpc) is 1.57. The van der Waals surface area contributed by atoms with Gasteiger partial charge in [-0.3, -0.25) is 9.13 Å². The second-order valence-electron chi connectivity index (χ2n) is 30.0. The topological polar surface area (TPSA) is 71.3 Å². The van der Waals surface area contributed by atoms with Gasteiger partial charge in [0.2, 0.25) is 0 Å². The summed E-state index contributed by atoms with van der Waals surface area (Å²) in [6, 6.07) is 148. The van der Waals surface area contributed by atoms with Crippen LogP contribution in [0.1, 0.15) is 0 Å². The van der Waals surface area contributed by atoms with Gasteiger partial charge in [0.05, 0.1) is 66.2 Å². The van der Waals surface area contributed by atoms with Gasteiger partial charge in [-0.05, 0) is 193 Å². The van der Waals surface area contributed by atoms with Gasteiger partial charge < -0.3 is 9.13 Å². The molecule has 0 radical (unpaired) electrons. The summed E-state index contributed by atoms with van der Waals surface area (Å²) in [4.78, 5) is 21.4. The van der Waals surface area contributed by atoms with E-state index in [1.54, 1.807) is 0 Å². The van der Waals surface area contributed by atoms with Gasteiger partial charge in [0.1, 0.15) is 11.4 Å². The molecule has 0 unspecified atom stereocenters. The molecule has 6 aromatic heterocycles. The molecule has 6 heterocycles. The molecule has 0 atom stereocenters. The Hall–Kier alpha value is -15.6. The number of hydrogen-bond acceptors (Lipinski definition) is 4. The van der Waals surface area contributed by atoms with E-state index in [-0.39, 0.29) is 0 Å². The van der Waals surface area contributed by atoms with Gasteiger partial charge in [-0.2, -0.15) is 0 Å². The van der Waals surface area contributed by atoms with E-state index in [0.717, 1.165) is 95.2 Å². The molecule has 0 aliphatic carbocycles. The van der Waals surface area contributed by atoms with E-state index in [9.17, 15) is 0 Å². The maximum Gasteiger partial charge on any atom is 0.165 e. The van der Waals surface area contributed by atoms with Gasteiger partial charge in [0.25, 0.3) is 0 Å². The zero-order valence-corrected chi connectivity index (χ0v) is 62.8.